The number of fused-ring (bicyclic) bond motifs is 2. The van der Waals surface area contributed by atoms with Crippen LogP contribution in [-0.2, 0) is 6.42 Å². The van der Waals surface area contributed by atoms with Crippen LogP contribution in [0, 0.1) is 0 Å². The van der Waals surface area contributed by atoms with Crippen LogP contribution >= 0.6 is 0 Å². The lowest BCUT2D eigenvalue weighted by Gasteiger charge is -2.31. The van der Waals surface area contributed by atoms with Gasteiger partial charge in [-0.1, -0.05) is 6.92 Å². The number of nitrogens with one attached hydrogen (secondary N) is 1. The summed E-state index contributed by atoms with van der Waals surface area (Å²) >= 11 is 0. The maximum Gasteiger partial charge on any atom is 0.389 e. The van der Waals surface area contributed by atoms with Crippen molar-refractivity contribution in [3.05, 3.63) is 54.0 Å². The smallest absolute Gasteiger partial charge is 0.389 e. The van der Waals surface area contributed by atoms with Crippen LogP contribution in [0.15, 0.2) is 42.9 Å². The Hall–Kier alpha value is -3.23. The molecule has 0 spiro atoms. The van der Waals surface area contributed by atoms with Crippen LogP contribution in [0.3, 0.4) is 0 Å². The van der Waals surface area contributed by atoms with Crippen molar-refractivity contribution in [1.29, 1.82) is 0 Å². The number of hydrogen-bond acceptors (Lipinski definition) is 3. The van der Waals surface area contributed by atoms with Crippen molar-refractivity contribution in [3.63, 3.8) is 0 Å². The van der Waals surface area contributed by atoms with E-state index >= 15 is 0 Å². The van der Waals surface area contributed by atoms with Gasteiger partial charge in [0.25, 0.3) is 0 Å². The van der Waals surface area contributed by atoms with Crippen molar-refractivity contribution < 1.29 is 22.7 Å². The van der Waals surface area contributed by atoms with Crippen LogP contribution in [0.1, 0.15) is 57.2 Å². The molecule has 2 unspecified atom stereocenters. The van der Waals surface area contributed by atoms with Crippen molar-refractivity contribution in [2.45, 2.75) is 64.7 Å². The summed E-state index contributed by atoms with van der Waals surface area (Å²) in [4.78, 5) is 19.1. The first-order valence-electron chi connectivity index (χ1n) is 12.1. The third kappa shape index (κ3) is 5.55. The first kappa shape index (κ1) is 24.9. The van der Waals surface area contributed by atoms with Gasteiger partial charge in [-0.05, 0) is 62.1 Å². The minimum absolute atomic E-state index is 0.130. The average molecular weight is 489 g/mol. The number of amides is 2. The molecule has 4 rings (SSSR count). The minimum Gasteiger partial charge on any atom is -0.492 e. The van der Waals surface area contributed by atoms with Gasteiger partial charge in [0.05, 0.1) is 12.6 Å². The van der Waals surface area contributed by atoms with Crippen molar-refractivity contribution in [1.82, 2.24) is 19.6 Å². The minimum atomic E-state index is -4.24. The number of imidazole rings is 1. The predicted molar refractivity (Wildman–Crippen MR) is 129 cm³/mol. The van der Waals surface area contributed by atoms with Gasteiger partial charge in [0.1, 0.15) is 11.4 Å². The van der Waals surface area contributed by atoms with Crippen LogP contribution in [0.2, 0.25) is 0 Å². The third-order valence-electron chi connectivity index (χ3n) is 6.65. The molecule has 35 heavy (non-hydrogen) atoms. The second-order valence-electron chi connectivity index (χ2n) is 8.94. The maximum absolute atomic E-state index is 13.1. The van der Waals surface area contributed by atoms with Crippen molar-refractivity contribution >= 4 is 11.7 Å². The highest BCUT2D eigenvalue weighted by Gasteiger charge is 2.30. The van der Waals surface area contributed by atoms with E-state index in [2.05, 4.69) is 16.4 Å². The molecule has 0 radical (unpaired) electrons. The highest BCUT2D eigenvalue weighted by molar-refractivity contribution is 5.77. The molecule has 0 fully saturated rings. The first-order valence-corrected chi connectivity index (χ1v) is 12.1. The summed E-state index contributed by atoms with van der Waals surface area (Å²) in [6.07, 6.45) is 1.57. The van der Waals surface area contributed by atoms with Crippen LogP contribution in [0.5, 0.6) is 5.75 Å². The number of carbonyl (C=O) groups is 1. The number of carbonyl (C=O) groups excluding carboxylic acids is 1. The first-order chi connectivity index (χ1) is 16.7. The van der Waals surface area contributed by atoms with Crippen LogP contribution < -0.4 is 10.1 Å². The number of aromatic nitrogens is 2. The number of ether oxygens (including phenoxy) is 1. The Kier molecular flexibility index (Phi) is 7.23. The monoisotopic (exact) mass is 488 g/mol. The number of benzene rings is 1. The van der Waals surface area contributed by atoms with Crippen molar-refractivity contribution in [2.75, 3.05) is 13.2 Å². The maximum atomic E-state index is 13.1. The predicted octanol–water partition coefficient (Wildman–Crippen LogP) is 6.15. The fourth-order valence-corrected chi connectivity index (χ4v) is 4.61. The lowest BCUT2D eigenvalue weighted by atomic mass is 9.95. The van der Waals surface area contributed by atoms with Crippen molar-refractivity contribution in [2.24, 2.45) is 0 Å². The summed E-state index contributed by atoms with van der Waals surface area (Å²) < 4.78 is 45.9. The van der Waals surface area contributed by atoms with Gasteiger partial charge in [0.15, 0.2) is 0 Å². The topological polar surface area (TPSA) is 58.9 Å². The molecule has 1 aliphatic heterocycles. The number of hydrogen-bond donors (Lipinski definition) is 1. The fourth-order valence-electron chi connectivity index (χ4n) is 4.61. The molecular weight excluding hydrogens is 457 g/mol. The largest absolute Gasteiger partial charge is 0.492 e. The number of pyridine rings is 1. The molecule has 3 heterocycles. The summed E-state index contributed by atoms with van der Waals surface area (Å²) in [6, 6.07) is 6.91. The zero-order valence-electron chi connectivity index (χ0n) is 20.2. The lowest BCUT2D eigenvalue weighted by molar-refractivity contribution is -0.136. The zero-order chi connectivity index (χ0) is 25.2. The van der Waals surface area contributed by atoms with Gasteiger partial charge >= 0.3 is 12.2 Å². The normalized spacial score (nSPS) is 14.9. The number of urea groups is 1. The quantitative estimate of drug-likeness (QED) is 0.414. The fraction of sp³-hybridized carbons (Fsp3) is 0.462. The Bertz CT molecular complexity index is 1190. The molecule has 1 aromatic carbocycles. The third-order valence-corrected chi connectivity index (χ3v) is 6.65. The molecule has 1 N–H and O–H groups in total. The molecule has 2 aromatic heterocycles. The number of alkyl halides is 3. The molecule has 2 atom stereocenters. The second kappa shape index (κ2) is 10.2. The van der Waals surface area contributed by atoms with E-state index in [0.29, 0.717) is 19.6 Å². The van der Waals surface area contributed by atoms with Gasteiger partial charge in [0.2, 0.25) is 0 Å². The number of nitrogens with zero attached hydrogens (tertiary/aromatic N) is 3. The van der Waals surface area contributed by atoms with Gasteiger partial charge in [-0.3, -0.25) is 0 Å². The second-order valence-corrected chi connectivity index (χ2v) is 8.94. The van der Waals surface area contributed by atoms with Gasteiger partial charge in [-0.15, -0.1) is 0 Å². The van der Waals surface area contributed by atoms with E-state index in [1.54, 1.807) is 18.0 Å². The van der Waals surface area contributed by atoms with Crippen LogP contribution in [0.25, 0.3) is 16.8 Å². The standard InChI is InChI=1S/C26H31F3N4O2/c1-4-21(8-10-26(27,28)29)31-25(34)33(5-2)17(3)20-14-18-9-13-35-24(18)22(15-20)19-6-7-23-30-11-12-32(23)16-19/h6-7,11-12,14-17,21H,4-5,8-10,13H2,1-3H3,(H,31,34). The summed E-state index contributed by atoms with van der Waals surface area (Å²) in [6.45, 7) is 6.62. The number of halogens is 3. The SMILES string of the molecule is CCC(CCC(F)(F)F)NC(=O)N(CC)C(C)c1cc2c(c(-c3ccc4nccn4c3)c1)OCC2. The zero-order valence-corrected chi connectivity index (χ0v) is 20.2. The highest BCUT2D eigenvalue weighted by Crippen LogP contribution is 2.40. The summed E-state index contributed by atoms with van der Waals surface area (Å²) in [7, 11) is 0. The van der Waals surface area contributed by atoms with Gasteiger partial charge in [-0.2, -0.15) is 13.2 Å². The average Bonchev–Trinajstić information content (AvgIpc) is 3.49. The van der Waals surface area contributed by atoms with Crippen molar-refractivity contribution in [3.8, 4) is 16.9 Å². The van der Waals surface area contributed by atoms with E-state index in [1.807, 2.05) is 48.8 Å². The van der Waals surface area contributed by atoms with E-state index in [-0.39, 0.29) is 18.5 Å². The molecule has 0 aliphatic carbocycles. The molecule has 0 saturated heterocycles. The van der Waals surface area contributed by atoms with E-state index in [9.17, 15) is 18.0 Å². The Morgan fingerprint density at radius 1 is 1.29 bits per heavy atom. The molecule has 188 valence electrons. The Balaban J connectivity index is 1.59. The molecule has 0 saturated carbocycles. The van der Waals surface area contributed by atoms with Crippen LogP contribution in [0.4, 0.5) is 18.0 Å². The van der Waals surface area contributed by atoms with Gasteiger partial charge < -0.3 is 19.4 Å². The summed E-state index contributed by atoms with van der Waals surface area (Å²) in [5, 5.41) is 2.81. The molecule has 1 aliphatic rings. The Labute approximate surface area is 203 Å². The van der Waals surface area contributed by atoms with E-state index in [0.717, 1.165) is 40.1 Å². The molecule has 3 aromatic rings. The molecule has 6 nitrogen and oxygen atoms in total. The molecule has 9 heteroatoms. The molecule has 0 bridgehead atoms. The summed E-state index contributed by atoms with van der Waals surface area (Å²) in [5.41, 5.74) is 4.82. The lowest BCUT2D eigenvalue weighted by Crippen LogP contribution is -2.45. The van der Waals surface area contributed by atoms with Gasteiger partial charge in [-0.25, -0.2) is 9.78 Å². The van der Waals surface area contributed by atoms with E-state index in [1.165, 1.54) is 0 Å². The molecule has 2 amide bonds. The van der Waals surface area contributed by atoms with Gasteiger partial charge in [0, 0.05) is 55.1 Å². The summed E-state index contributed by atoms with van der Waals surface area (Å²) in [5.74, 6) is 0.853. The highest BCUT2D eigenvalue weighted by atomic mass is 19.4. The Morgan fingerprint density at radius 3 is 2.80 bits per heavy atom. The van der Waals surface area contributed by atoms with E-state index < -0.39 is 18.6 Å². The van der Waals surface area contributed by atoms with Crippen LogP contribution in [-0.4, -0.2) is 45.7 Å². The molecular formula is C26H31F3N4O2. The van der Waals surface area contributed by atoms with E-state index in [4.69, 9.17) is 4.74 Å². The Morgan fingerprint density at radius 2 is 2.09 bits per heavy atom. The number of rotatable bonds is 8.